The first-order valence-electron chi connectivity index (χ1n) is 17.4. The first kappa shape index (κ1) is 38.7. The molecule has 17 heteroatoms. The van der Waals surface area contributed by atoms with Crippen LogP contribution in [-0.4, -0.2) is 72.7 Å². The fourth-order valence-corrected chi connectivity index (χ4v) is 7.30. The summed E-state index contributed by atoms with van der Waals surface area (Å²) in [5.74, 6) is 0.210. The van der Waals surface area contributed by atoms with Crippen molar-refractivity contribution in [1.29, 1.82) is 0 Å². The van der Waals surface area contributed by atoms with E-state index in [4.69, 9.17) is 9.84 Å². The minimum absolute atomic E-state index is 0.0878. The van der Waals surface area contributed by atoms with Gasteiger partial charge in [-0.1, -0.05) is 13.8 Å². The van der Waals surface area contributed by atoms with Crippen LogP contribution in [0.2, 0.25) is 0 Å². The van der Waals surface area contributed by atoms with Crippen LogP contribution in [-0.2, 0) is 30.7 Å². The second-order valence-corrected chi connectivity index (χ2v) is 13.6. The number of hydrogen-bond donors (Lipinski definition) is 2. The standard InChI is InChI=1S/C35H43F6N7O4/c1-4-28-13-30(14-29(5-2)48(28)33(51)52-20-21-6-8-27(9-7-21)45-32(49)50)47(31-42-15-23(16-43-31)24-17-44-46(3)19-24)18-22-10-25(34(36,37)38)12-26(11-22)35(39,40)41/h10-12,15-17,19,21,27-30,45H,4-9,13-14,18,20H2,1-3H3,(H,49,50)/t21?,27?,28-,29+,30?. The number of hydrogen-bond acceptors (Lipinski definition) is 7. The molecule has 5 rings (SSSR count). The van der Waals surface area contributed by atoms with Crippen LogP contribution in [0.1, 0.15) is 81.9 Å². The Balaban J connectivity index is 1.40. The Morgan fingerprint density at radius 2 is 1.48 bits per heavy atom. The molecule has 2 aromatic heterocycles. The number of aromatic nitrogens is 4. The largest absolute Gasteiger partial charge is 0.465 e. The maximum Gasteiger partial charge on any atom is 0.416 e. The number of rotatable bonds is 10. The SMILES string of the molecule is CC[C@@H]1CC(N(Cc2cc(C(F)(F)F)cc(C(F)(F)F)c2)c2ncc(-c3cnn(C)c3)cn2)C[C@H](CC)N1C(=O)OCC1CCC(NC(=O)O)CC1. The van der Waals surface area contributed by atoms with Crippen molar-refractivity contribution < 1.29 is 45.8 Å². The zero-order chi connectivity index (χ0) is 37.8. The van der Waals surface area contributed by atoms with E-state index in [1.165, 1.54) is 12.4 Å². The van der Waals surface area contributed by atoms with Crippen LogP contribution in [0.3, 0.4) is 0 Å². The quantitative estimate of drug-likeness (QED) is 0.201. The van der Waals surface area contributed by atoms with Crippen LogP contribution in [0.15, 0.2) is 43.0 Å². The fraction of sp³-hybridized carbons (Fsp3) is 0.571. The molecule has 1 saturated heterocycles. The van der Waals surface area contributed by atoms with Gasteiger partial charge in [0.05, 0.1) is 23.9 Å². The van der Waals surface area contributed by atoms with Crippen molar-refractivity contribution in [3.63, 3.8) is 0 Å². The van der Waals surface area contributed by atoms with Gasteiger partial charge in [0.15, 0.2) is 0 Å². The molecule has 52 heavy (non-hydrogen) atoms. The van der Waals surface area contributed by atoms with E-state index in [1.54, 1.807) is 33.9 Å². The number of carbonyl (C=O) groups is 2. The van der Waals surface area contributed by atoms with Gasteiger partial charge in [-0.05, 0) is 81.0 Å². The number of aryl methyl sites for hydroxylation is 1. The summed E-state index contributed by atoms with van der Waals surface area (Å²) < 4.78 is 90.4. The summed E-state index contributed by atoms with van der Waals surface area (Å²) >= 11 is 0. The second kappa shape index (κ2) is 16.0. The van der Waals surface area contributed by atoms with Crippen LogP contribution in [0.5, 0.6) is 0 Å². The minimum Gasteiger partial charge on any atom is -0.465 e. The molecule has 1 aliphatic carbocycles. The van der Waals surface area contributed by atoms with E-state index < -0.39 is 41.7 Å². The number of halogens is 6. The molecule has 284 valence electrons. The molecule has 2 aliphatic rings. The van der Waals surface area contributed by atoms with Crippen LogP contribution < -0.4 is 10.2 Å². The lowest BCUT2D eigenvalue weighted by Crippen LogP contribution is -2.57. The Hall–Kier alpha value is -4.57. The number of ether oxygens (including phenoxy) is 1. The van der Waals surface area contributed by atoms with E-state index in [-0.39, 0.29) is 54.8 Å². The number of carbonyl (C=O) groups excluding carboxylic acids is 1. The van der Waals surface area contributed by atoms with Gasteiger partial charge < -0.3 is 25.0 Å². The van der Waals surface area contributed by atoms with E-state index in [0.717, 1.165) is 17.7 Å². The lowest BCUT2D eigenvalue weighted by Gasteiger charge is -2.47. The number of benzene rings is 1. The zero-order valence-corrected chi connectivity index (χ0v) is 29.1. The van der Waals surface area contributed by atoms with Gasteiger partial charge in [-0.25, -0.2) is 19.6 Å². The lowest BCUT2D eigenvalue weighted by atomic mass is 9.86. The van der Waals surface area contributed by atoms with E-state index in [9.17, 15) is 35.9 Å². The van der Waals surface area contributed by atoms with E-state index in [1.807, 2.05) is 13.8 Å². The van der Waals surface area contributed by atoms with Gasteiger partial charge in [-0.3, -0.25) is 4.68 Å². The Morgan fingerprint density at radius 3 is 1.96 bits per heavy atom. The molecular weight excluding hydrogens is 696 g/mol. The van der Waals surface area contributed by atoms with Crippen LogP contribution in [0, 0.1) is 5.92 Å². The third kappa shape index (κ3) is 9.45. The number of alkyl halides is 6. The molecule has 3 heterocycles. The molecule has 0 spiro atoms. The zero-order valence-electron chi connectivity index (χ0n) is 29.1. The molecule has 2 N–H and O–H groups in total. The van der Waals surface area contributed by atoms with Crippen molar-refractivity contribution in [3.8, 4) is 11.1 Å². The van der Waals surface area contributed by atoms with Crippen molar-refractivity contribution in [2.24, 2.45) is 13.0 Å². The van der Waals surface area contributed by atoms with Crippen LogP contribution in [0.25, 0.3) is 11.1 Å². The molecule has 2 fully saturated rings. The predicted molar refractivity (Wildman–Crippen MR) is 178 cm³/mol. The maximum atomic E-state index is 13.8. The van der Waals surface area contributed by atoms with Crippen molar-refractivity contribution >= 4 is 18.1 Å². The van der Waals surface area contributed by atoms with Gasteiger partial charge in [0, 0.05) is 67.5 Å². The number of nitrogens with zero attached hydrogens (tertiary/aromatic N) is 6. The third-order valence-electron chi connectivity index (χ3n) is 10.0. The van der Waals surface area contributed by atoms with Gasteiger partial charge in [-0.15, -0.1) is 0 Å². The molecule has 1 aromatic carbocycles. The Morgan fingerprint density at radius 1 is 0.904 bits per heavy atom. The van der Waals surface area contributed by atoms with Gasteiger partial charge >= 0.3 is 24.5 Å². The summed E-state index contributed by atoms with van der Waals surface area (Å²) in [6, 6.07) is 0.260. The highest BCUT2D eigenvalue weighted by atomic mass is 19.4. The van der Waals surface area contributed by atoms with Crippen molar-refractivity contribution in [2.45, 2.75) is 108 Å². The normalized spacial score (nSPS) is 22.6. The Bertz CT molecular complexity index is 1630. The highest BCUT2D eigenvalue weighted by molar-refractivity contribution is 5.69. The Labute approximate surface area is 297 Å². The monoisotopic (exact) mass is 739 g/mol. The van der Waals surface area contributed by atoms with Crippen LogP contribution >= 0.6 is 0 Å². The summed E-state index contributed by atoms with van der Waals surface area (Å²) in [5, 5.41) is 15.6. The average Bonchev–Trinajstić information content (AvgIpc) is 3.54. The highest BCUT2D eigenvalue weighted by Crippen LogP contribution is 2.38. The topological polar surface area (TPSA) is 126 Å². The van der Waals surface area contributed by atoms with Crippen molar-refractivity contribution in [2.75, 3.05) is 11.5 Å². The average molecular weight is 740 g/mol. The molecule has 1 saturated carbocycles. The van der Waals surface area contributed by atoms with Gasteiger partial charge in [-0.2, -0.15) is 31.4 Å². The molecule has 0 bridgehead atoms. The molecule has 3 aromatic rings. The Kier molecular flexibility index (Phi) is 11.9. The minimum atomic E-state index is -5.01. The van der Waals surface area contributed by atoms with Gasteiger partial charge in [0.25, 0.3) is 0 Å². The first-order valence-corrected chi connectivity index (χ1v) is 17.4. The maximum absolute atomic E-state index is 13.8. The second-order valence-electron chi connectivity index (χ2n) is 13.6. The molecule has 11 nitrogen and oxygen atoms in total. The molecule has 3 atom stereocenters. The highest BCUT2D eigenvalue weighted by Gasteiger charge is 2.42. The fourth-order valence-electron chi connectivity index (χ4n) is 7.30. The van der Waals surface area contributed by atoms with Crippen molar-refractivity contribution in [3.05, 3.63) is 59.7 Å². The van der Waals surface area contributed by atoms with E-state index in [0.29, 0.717) is 56.9 Å². The molecule has 1 aliphatic heterocycles. The number of piperidine rings is 1. The first-order chi connectivity index (χ1) is 24.5. The number of carboxylic acid groups (broad SMARTS) is 1. The summed E-state index contributed by atoms with van der Waals surface area (Å²) in [6.45, 7) is 3.65. The van der Waals surface area contributed by atoms with Gasteiger partial charge in [0.2, 0.25) is 5.95 Å². The van der Waals surface area contributed by atoms with E-state index in [2.05, 4.69) is 20.4 Å². The lowest BCUT2D eigenvalue weighted by molar-refractivity contribution is -0.143. The molecule has 2 amide bonds. The van der Waals surface area contributed by atoms with Gasteiger partial charge in [0.1, 0.15) is 0 Å². The molecule has 0 radical (unpaired) electrons. The number of nitrogens with one attached hydrogen (secondary N) is 1. The van der Waals surface area contributed by atoms with Crippen LogP contribution in [0.4, 0.5) is 41.9 Å². The summed E-state index contributed by atoms with van der Waals surface area (Å²) in [5.41, 5.74) is -1.68. The van der Waals surface area contributed by atoms with E-state index >= 15 is 0 Å². The molecule has 1 unspecified atom stereocenters. The predicted octanol–water partition coefficient (Wildman–Crippen LogP) is 7.91. The number of amides is 2. The molecular formula is C35H43F6N7O4. The summed E-state index contributed by atoms with van der Waals surface area (Å²) in [4.78, 5) is 37.0. The smallest absolute Gasteiger partial charge is 0.416 e. The number of likely N-dealkylation sites (tertiary alicyclic amines) is 1. The van der Waals surface area contributed by atoms with Crippen molar-refractivity contribution in [1.82, 2.24) is 30.0 Å². The summed E-state index contributed by atoms with van der Waals surface area (Å²) in [7, 11) is 1.74. The third-order valence-corrected chi connectivity index (χ3v) is 10.0. The summed E-state index contributed by atoms with van der Waals surface area (Å²) in [6.07, 6.45) is -0.721. The number of anilines is 1.